The average Bonchev–Trinajstić information content (AvgIpc) is 2.70. The number of H-pyrrole nitrogens is 1. The highest BCUT2D eigenvalue weighted by atomic mass is 16.5. The minimum atomic E-state index is 0.907. The van der Waals surface area contributed by atoms with Gasteiger partial charge in [0.15, 0.2) is 0 Å². The standard InChI is InChI=1S/C11H12N2O/c1-8-5-9(3-4-11(8)14-2)10-6-12-7-13-10/h3-7H,1-2H3,(H,12,13). The van der Waals surface area contributed by atoms with E-state index in [2.05, 4.69) is 16.0 Å². The van der Waals surface area contributed by atoms with Gasteiger partial charge in [0.1, 0.15) is 5.75 Å². The molecule has 14 heavy (non-hydrogen) atoms. The van der Waals surface area contributed by atoms with Crippen molar-refractivity contribution >= 4 is 0 Å². The zero-order chi connectivity index (χ0) is 9.97. The van der Waals surface area contributed by atoms with Gasteiger partial charge in [0, 0.05) is 11.8 Å². The van der Waals surface area contributed by atoms with Gasteiger partial charge in [0.25, 0.3) is 0 Å². The van der Waals surface area contributed by atoms with Crippen LogP contribution in [0.5, 0.6) is 5.75 Å². The molecular formula is C11H12N2O. The summed E-state index contributed by atoms with van der Waals surface area (Å²) >= 11 is 0. The molecule has 0 aliphatic heterocycles. The predicted octanol–water partition coefficient (Wildman–Crippen LogP) is 2.39. The number of rotatable bonds is 2. The fourth-order valence-corrected chi connectivity index (χ4v) is 1.46. The number of imidazole rings is 1. The molecule has 2 aromatic rings. The Balaban J connectivity index is 2.43. The molecule has 0 saturated heterocycles. The van der Waals surface area contributed by atoms with Crippen LogP contribution in [-0.4, -0.2) is 17.1 Å². The Bertz CT molecular complexity index is 421. The molecule has 0 amide bonds. The molecule has 0 radical (unpaired) electrons. The average molecular weight is 188 g/mol. The second-order valence-corrected chi connectivity index (χ2v) is 3.14. The van der Waals surface area contributed by atoms with Crippen molar-refractivity contribution in [1.82, 2.24) is 9.97 Å². The highest BCUT2D eigenvalue weighted by Gasteiger charge is 2.02. The Labute approximate surface area is 82.8 Å². The van der Waals surface area contributed by atoms with Crippen molar-refractivity contribution in [2.45, 2.75) is 6.92 Å². The highest BCUT2D eigenvalue weighted by Crippen LogP contribution is 2.24. The molecule has 1 heterocycles. The van der Waals surface area contributed by atoms with E-state index in [-0.39, 0.29) is 0 Å². The number of ether oxygens (including phenoxy) is 1. The molecule has 2 rings (SSSR count). The first kappa shape index (κ1) is 8.81. The quantitative estimate of drug-likeness (QED) is 0.785. The van der Waals surface area contributed by atoms with Gasteiger partial charge in [0.2, 0.25) is 0 Å². The summed E-state index contributed by atoms with van der Waals surface area (Å²) < 4.78 is 5.19. The van der Waals surface area contributed by atoms with Crippen molar-refractivity contribution in [3.05, 3.63) is 36.3 Å². The Morgan fingerprint density at radius 3 is 2.79 bits per heavy atom. The van der Waals surface area contributed by atoms with E-state index in [4.69, 9.17) is 4.74 Å². The van der Waals surface area contributed by atoms with Crippen LogP contribution in [0.2, 0.25) is 0 Å². The normalized spacial score (nSPS) is 10.1. The lowest BCUT2D eigenvalue weighted by Crippen LogP contribution is -1.87. The summed E-state index contributed by atoms with van der Waals surface area (Å²) in [6, 6.07) is 6.02. The van der Waals surface area contributed by atoms with Crippen LogP contribution >= 0.6 is 0 Å². The Hall–Kier alpha value is -1.77. The molecule has 3 nitrogen and oxygen atoms in total. The van der Waals surface area contributed by atoms with Crippen LogP contribution in [0.15, 0.2) is 30.7 Å². The second-order valence-electron chi connectivity index (χ2n) is 3.14. The maximum Gasteiger partial charge on any atom is 0.121 e. The first-order valence-electron chi connectivity index (χ1n) is 4.45. The van der Waals surface area contributed by atoms with Crippen LogP contribution in [0.25, 0.3) is 11.3 Å². The Morgan fingerprint density at radius 1 is 1.36 bits per heavy atom. The number of nitrogens with zero attached hydrogens (tertiary/aromatic N) is 1. The van der Waals surface area contributed by atoms with E-state index in [1.165, 1.54) is 0 Å². The third kappa shape index (κ3) is 1.48. The van der Waals surface area contributed by atoms with Crippen LogP contribution in [-0.2, 0) is 0 Å². The van der Waals surface area contributed by atoms with E-state index in [0.717, 1.165) is 22.6 Å². The summed E-state index contributed by atoms with van der Waals surface area (Å²) in [5.74, 6) is 0.907. The number of aryl methyl sites for hydroxylation is 1. The van der Waals surface area contributed by atoms with E-state index in [1.54, 1.807) is 13.4 Å². The highest BCUT2D eigenvalue weighted by molar-refractivity contribution is 5.61. The van der Waals surface area contributed by atoms with Crippen LogP contribution in [0.1, 0.15) is 5.56 Å². The molecule has 0 aliphatic carbocycles. The molecule has 1 N–H and O–H groups in total. The van der Waals surface area contributed by atoms with Gasteiger partial charge in [-0.1, -0.05) is 0 Å². The fraction of sp³-hybridized carbons (Fsp3) is 0.182. The lowest BCUT2D eigenvalue weighted by atomic mass is 10.1. The van der Waals surface area contributed by atoms with Gasteiger partial charge in [-0.25, -0.2) is 4.98 Å². The predicted molar refractivity (Wildman–Crippen MR) is 55.3 cm³/mol. The molecule has 1 aromatic carbocycles. The number of benzene rings is 1. The van der Waals surface area contributed by atoms with Gasteiger partial charge in [0.05, 0.1) is 19.1 Å². The SMILES string of the molecule is COc1ccc(-c2c[nH]cn2)cc1C. The summed E-state index contributed by atoms with van der Waals surface area (Å²) in [6.45, 7) is 2.02. The molecular weight excluding hydrogens is 176 g/mol. The van der Waals surface area contributed by atoms with Gasteiger partial charge < -0.3 is 9.72 Å². The van der Waals surface area contributed by atoms with Crippen molar-refractivity contribution in [1.29, 1.82) is 0 Å². The lowest BCUT2D eigenvalue weighted by molar-refractivity contribution is 0.412. The van der Waals surface area contributed by atoms with Gasteiger partial charge in [-0.3, -0.25) is 0 Å². The van der Waals surface area contributed by atoms with Crippen molar-refractivity contribution in [3.63, 3.8) is 0 Å². The van der Waals surface area contributed by atoms with E-state index in [9.17, 15) is 0 Å². The maximum atomic E-state index is 5.19. The van der Waals surface area contributed by atoms with E-state index in [0.29, 0.717) is 0 Å². The van der Waals surface area contributed by atoms with Crippen LogP contribution in [0, 0.1) is 6.92 Å². The zero-order valence-corrected chi connectivity index (χ0v) is 8.24. The summed E-state index contributed by atoms with van der Waals surface area (Å²) in [5.41, 5.74) is 3.17. The van der Waals surface area contributed by atoms with Gasteiger partial charge in [-0.05, 0) is 30.7 Å². The molecule has 72 valence electrons. The number of aromatic amines is 1. The lowest BCUT2D eigenvalue weighted by Gasteiger charge is -2.05. The van der Waals surface area contributed by atoms with E-state index >= 15 is 0 Å². The summed E-state index contributed by atoms with van der Waals surface area (Å²) in [7, 11) is 1.68. The molecule has 1 aromatic heterocycles. The largest absolute Gasteiger partial charge is 0.496 e. The first-order valence-corrected chi connectivity index (χ1v) is 4.45. The smallest absolute Gasteiger partial charge is 0.121 e. The van der Waals surface area contributed by atoms with E-state index < -0.39 is 0 Å². The number of aromatic nitrogens is 2. The van der Waals surface area contributed by atoms with Crippen molar-refractivity contribution in [2.75, 3.05) is 7.11 Å². The Morgan fingerprint density at radius 2 is 2.21 bits per heavy atom. The van der Waals surface area contributed by atoms with Gasteiger partial charge in [-0.15, -0.1) is 0 Å². The minimum absolute atomic E-state index is 0.907. The van der Waals surface area contributed by atoms with Crippen LogP contribution < -0.4 is 4.74 Å². The molecule has 0 fully saturated rings. The van der Waals surface area contributed by atoms with Crippen molar-refractivity contribution < 1.29 is 4.74 Å². The van der Waals surface area contributed by atoms with Crippen LogP contribution in [0.3, 0.4) is 0 Å². The molecule has 3 heteroatoms. The zero-order valence-electron chi connectivity index (χ0n) is 8.24. The van der Waals surface area contributed by atoms with Gasteiger partial charge >= 0.3 is 0 Å². The molecule has 0 saturated carbocycles. The topological polar surface area (TPSA) is 37.9 Å². The molecule has 0 aliphatic rings. The number of hydrogen-bond donors (Lipinski definition) is 1. The molecule has 0 spiro atoms. The third-order valence-electron chi connectivity index (χ3n) is 2.19. The third-order valence-corrected chi connectivity index (χ3v) is 2.19. The molecule has 0 atom stereocenters. The monoisotopic (exact) mass is 188 g/mol. The summed E-state index contributed by atoms with van der Waals surface area (Å²) in [6.07, 6.45) is 3.55. The van der Waals surface area contributed by atoms with E-state index in [1.807, 2.05) is 25.3 Å². The maximum absolute atomic E-state index is 5.19. The first-order chi connectivity index (χ1) is 6.81. The van der Waals surface area contributed by atoms with Crippen LogP contribution in [0.4, 0.5) is 0 Å². The Kier molecular flexibility index (Phi) is 2.23. The number of hydrogen-bond acceptors (Lipinski definition) is 2. The number of nitrogens with one attached hydrogen (secondary N) is 1. The molecule has 0 unspecified atom stereocenters. The second kappa shape index (κ2) is 3.54. The summed E-state index contributed by atoms with van der Waals surface area (Å²) in [5, 5.41) is 0. The van der Waals surface area contributed by atoms with Gasteiger partial charge in [-0.2, -0.15) is 0 Å². The molecule has 0 bridgehead atoms. The minimum Gasteiger partial charge on any atom is -0.496 e. The fourth-order valence-electron chi connectivity index (χ4n) is 1.46. The number of methoxy groups -OCH3 is 1. The van der Waals surface area contributed by atoms with Crippen molar-refractivity contribution in [2.24, 2.45) is 0 Å². The van der Waals surface area contributed by atoms with Crippen molar-refractivity contribution in [3.8, 4) is 17.0 Å². The summed E-state index contributed by atoms with van der Waals surface area (Å²) in [4.78, 5) is 7.12.